The number of hydrogen-bond acceptors (Lipinski definition) is 6. The van der Waals surface area contributed by atoms with Gasteiger partial charge < -0.3 is 10.4 Å². The number of benzene rings is 2. The number of carboxylic acid groups (broad SMARTS) is 1. The van der Waals surface area contributed by atoms with Gasteiger partial charge in [0, 0.05) is 26.1 Å². The van der Waals surface area contributed by atoms with E-state index in [1.807, 2.05) is 48.8 Å². The Bertz CT molecular complexity index is 1120. The highest BCUT2D eigenvalue weighted by Gasteiger charge is 2.12. The molecular formula is C19H15N3O2S2. The van der Waals surface area contributed by atoms with Gasteiger partial charge in [0.2, 0.25) is 0 Å². The zero-order valence-corrected chi connectivity index (χ0v) is 15.4. The third-order valence-electron chi connectivity index (χ3n) is 3.96. The Hall–Kier alpha value is -2.61. The summed E-state index contributed by atoms with van der Waals surface area (Å²) in [4.78, 5) is 17.1. The van der Waals surface area contributed by atoms with E-state index in [2.05, 4.69) is 10.0 Å². The molecule has 0 unspecified atom stereocenters. The lowest BCUT2D eigenvalue weighted by Gasteiger charge is -2.11. The van der Waals surface area contributed by atoms with Crippen molar-refractivity contribution in [3.8, 4) is 0 Å². The van der Waals surface area contributed by atoms with Crippen molar-refractivity contribution in [3.05, 3.63) is 59.5 Å². The molecule has 0 atom stereocenters. The Balaban J connectivity index is 1.83. The molecule has 2 heterocycles. The largest absolute Gasteiger partial charge is 0.478 e. The van der Waals surface area contributed by atoms with Crippen molar-refractivity contribution in [1.82, 2.24) is 9.71 Å². The van der Waals surface area contributed by atoms with Crippen molar-refractivity contribution < 1.29 is 9.90 Å². The number of thiophene rings is 1. The summed E-state index contributed by atoms with van der Waals surface area (Å²) in [5, 5.41) is 16.6. The number of carboxylic acids is 1. The summed E-state index contributed by atoms with van der Waals surface area (Å²) in [7, 11) is 1.88. The maximum Gasteiger partial charge on any atom is 0.335 e. The van der Waals surface area contributed by atoms with E-state index in [1.54, 1.807) is 23.5 Å². The van der Waals surface area contributed by atoms with Crippen LogP contribution in [0.4, 0.5) is 11.5 Å². The lowest BCUT2D eigenvalue weighted by Crippen LogP contribution is -1.98. The van der Waals surface area contributed by atoms with Gasteiger partial charge >= 0.3 is 5.97 Å². The van der Waals surface area contributed by atoms with Crippen LogP contribution >= 0.6 is 23.3 Å². The molecule has 0 fully saturated rings. The van der Waals surface area contributed by atoms with E-state index in [9.17, 15) is 9.90 Å². The Morgan fingerprint density at radius 1 is 1.15 bits per heavy atom. The molecule has 0 saturated heterocycles. The van der Waals surface area contributed by atoms with E-state index in [0.29, 0.717) is 5.52 Å². The lowest BCUT2D eigenvalue weighted by atomic mass is 10.1. The van der Waals surface area contributed by atoms with Crippen LogP contribution in [0.15, 0.2) is 58.8 Å². The van der Waals surface area contributed by atoms with Gasteiger partial charge in [0.05, 0.1) is 11.1 Å². The van der Waals surface area contributed by atoms with Crippen molar-refractivity contribution in [2.75, 3.05) is 12.4 Å². The second-order valence-electron chi connectivity index (χ2n) is 5.62. The Morgan fingerprint density at radius 3 is 2.85 bits per heavy atom. The molecule has 0 radical (unpaired) electrons. The zero-order valence-electron chi connectivity index (χ0n) is 13.8. The van der Waals surface area contributed by atoms with Crippen LogP contribution in [0.2, 0.25) is 0 Å². The molecule has 5 nitrogen and oxygen atoms in total. The molecule has 3 N–H and O–H groups in total. The van der Waals surface area contributed by atoms with E-state index in [1.165, 1.54) is 11.9 Å². The Labute approximate surface area is 158 Å². The van der Waals surface area contributed by atoms with Crippen LogP contribution in [0, 0.1) is 0 Å². The number of rotatable bonds is 5. The summed E-state index contributed by atoms with van der Waals surface area (Å²) in [6.45, 7) is 0. The van der Waals surface area contributed by atoms with E-state index in [0.717, 1.165) is 31.9 Å². The van der Waals surface area contributed by atoms with Gasteiger partial charge in [-0.2, -0.15) is 0 Å². The summed E-state index contributed by atoms with van der Waals surface area (Å²) < 4.78 is 4.15. The fourth-order valence-corrected chi connectivity index (χ4v) is 4.32. The number of nitrogens with zero attached hydrogens (tertiary/aromatic N) is 1. The van der Waals surface area contributed by atoms with Crippen LogP contribution in [0.25, 0.3) is 21.0 Å². The van der Waals surface area contributed by atoms with Crippen LogP contribution in [-0.4, -0.2) is 23.1 Å². The molecule has 2 aromatic heterocycles. The van der Waals surface area contributed by atoms with Crippen LogP contribution in [0.3, 0.4) is 0 Å². The molecule has 0 aliphatic rings. The second-order valence-corrected chi connectivity index (χ2v) is 7.62. The Kier molecular flexibility index (Phi) is 4.50. The average molecular weight is 381 g/mol. The summed E-state index contributed by atoms with van der Waals surface area (Å²) >= 11 is 3.16. The lowest BCUT2D eigenvalue weighted by molar-refractivity contribution is 0.0697. The smallest absolute Gasteiger partial charge is 0.335 e. The normalized spacial score (nSPS) is 11.1. The number of carbonyl (C=O) groups is 1. The maximum absolute atomic E-state index is 11.3. The first-order valence-corrected chi connectivity index (χ1v) is 9.60. The van der Waals surface area contributed by atoms with Crippen LogP contribution in [-0.2, 0) is 0 Å². The minimum Gasteiger partial charge on any atom is -0.478 e. The van der Waals surface area contributed by atoms with E-state index < -0.39 is 5.97 Å². The van der Waals surface area contributed by atoms with Crippen LogP contribution < -0.4 is 10.0 Å². The SMILES string of the molecule is CNSc1cccc(Nc2nc3cc(C(=O)O)ccc3c3sccc23)c1. The summed E-state index contributed by atoms with van der Waals surface area (Å²) in [6, 6.07) is 15.1. The minimum atomic E-state index is -0.953. The molecule has 0 amide bonds. The highest BCUT2D eigenvalue weighted by atomic mass is 32.2. The third kappa shape index (κ3) is 3.12. The van der Waals surface area contributed by atoms with Gasteiger partial charge in [-0.1, -0.05) is 12.1 Å². The fraction of sp³-hybridized carbons (Fsp3) is 0.0526. The predicted molar refractivity (Wildman–Crippen MR) is 109 cm³/mol. The van der Waals surface area contributed by atoms with Crippen molar-refractivity contribution in [3.63, 3.8) is 0 Å². The van der Waals surface area contributed by atoms with Crippen molar-refractivity contribution in [2.45, 2.75) is 4.90 Å². The van der Waals surface area contributed by atoms with Crippen molar-refractivity contribution >= 4 is 61.7 Å². The molecule has 0 spiro atoms. The first-order valence-electron chi connectivity index (χ1n) is 7.90. The average Bonchev–Trinajstić information content (AvgIpc) is 3.12. The standard InChI is InChI=1S/C19H15N3O2S2/c1-20-26-13-4-2-3-12(10-13)21-18-15-7-8-25-17(15)14-6-5-11(19(23)24)9-16(14)22-18/h2-10,20H,1H3,(H,21,22)(H,23,24). The zero-order chi connectivity index (χ0) is 18.1. The summed E-state index contributed by atoms with van der Waals surface area (Å²) in [5.74, 6) is -0.228. The van der Waals surface area contributed by atoms with E-state index in [-0.39, 0.29) is 5.56 Å². The Morgan fingerprint density at radius 2 is 2.04 bits per heavy atom. The fourth-order valence-electron chi connectivity index (χ4n) is 2.82. The number of aromatic nitrogens is 1. The van der Waals surface area contributed by atoms with Gasteiger partial charge in [0.1, 0.15) is 5.82 Å². The molecule has 0 aliphatic carbocycles. The molecule has 4 rings (SSSR count). The molecule has 0 aliphatic heterocycles. The highest BCUT2D eigenvalue weighted by Crippen LogP contribution is 2.35. The minimum absolute atomic E-state index is 0.235. The number of aromatic carboxylic acids is 1. The third-order valence-corrected chi connectivity index (χ3v) is 5.60. The van der Waals surface area contributed by atoms with E-state index in [4.69, 9.17) is 4.98 Å². The van der Waals surface area contributed by atoms with Gasteiger partial charge in [-0.25, -0.2) is 9.78 Å². The first kappa shape index (κ1) is 16.8. The molecule has 2 aromatic carbocycles. The monoisotopic (exact) mass is 381 g/mol. The maximum atomic E-state index is 11.3. The predicted octanol–water partition coefficient (Wildman–Crippen LogP) is 5.12. The van der Waals surface area contributed by atoms with Crippen molar-refractivity contribution in [1.29, 1.82) is 0 Å². The molecule has 7 heteroatoms. The topological polar surface area (TPSA) is 74.2 Å². The quantitative estimate of drug-likeness (QED) is 0.417. The first-order chi connectivity index (χ1) is 12.7. The van der Waals surface area contributed by atoms with Gasteiger partial charge in [-0.15, -0.1) is 11.3 Å². The van der Waals surface area contributed by atoms with Crippen LogP contribution in [0.1, 0.15) is 10.4 Å². The molecule has 4 aromatic rings. The second kappa shape index (κ2) is 6.95. The van der Waals surface area contributed by atoms with Crippen LogP contribution in [0.5, 0.6) is 0 Å². The number of nitrogens with one attached hydrogen (secondary N) is 2. The molecule has 130 valence electrons. The molecule has 26 heavy (non-hydrogen) atoms. The van der Waals surface area contributed by atoms with Gasteiger partial charge in [-0.3, -0.25) is 4.72 Å². The summed E-state index contributed by atoms with van der Waals surface area (Å²) in [5.41, 5.74) is 1.83. The van der Waals surface area contributed by atoms with Gasteiger partial charge in [0.15, 0.2) is 0 Å². The number of pyridine rings is 1. The molecule has 0 bridgehead atoms. The number of hydrogen-bond donors (Lipinski definition) is 3. The van der Waals surface area contributed by atoms with Gasteiger partial charge in [0.25, 0.3) is 0 Å². The van der Waals surface area contributed by atoms with Gasteiger partial charge in [-0.05, 0) is 60.8 Å². The number of fused-ring (bicyclic) bond motifs is 3. The molecule has 0 saturated carbocycles. The van der Waals surface area contributed by atoms with Crippen molar-refractivity contribution in [2.24, 2.45) is 0 Å². The summed E-state index contributed by atoms with van der Waals surface area (Å²) in [6.07, 6.45) is 0. The molecular weight excluding hydrogens is 366 g/mol. The highest BCUT2D eigenvalue weighted by molar-refractivity contribution is 7.97. The van der Waals surface area contributed by atoms with E-state index >= 15 is 0 Å². The number of anilines is 2.